The van der Waals surface area contributed by atoms with Gasteiger partial charge in [-0.25, -0.2) is 4.98 Å². The molecule has 0 aliphatic heterocycles. The maximum absolute atomic E-state index is 5.55. The van der Waals surface area contributed by atoms with Gasteiger partial charge in [-0.2, -0.15) is 0 Å². The van der Waals surface area contributed by atoms with E-state index in [0.717, 1.165) is 18.1 Å². The summed E-state index contributed by atoms with van der Waals surface area (Å²) in [6.07, 6.45) is 1.96. The second-order valence-corrected chi connectivity index (χ2v) is 6.87. The molecule has 0 aliphatic rings. The van der Waals surface area contributed by atoms with Crippen LogP contribution < -0.4 is 15.4 Å². The van der Waals surface area contributed by atoms with Gasteiger partial charge in [0.05, 0.1) is 6.10 Å². The Hall–Kier alpha value is -2.08. The van der Waals surface area contributed by atoms with Crippen molar-refractivity contribution in [2.24, 2.45) is 4.99 Å². The number of aliphatic imine (C=N–C) groups is 1. The molecule has 1 atom stereocenters. The van der Waals surface area contributed by atoms with Crippen LogP contribution in [0.1, 0.15) is 37.1 Å². The summed E-state index contributed by atoms with van der Waals surface area (Å²) >= 11 is 1.79. The summed E-state index contributed by atoms with van der Waals surface area (Å²) in [7, 11) is 1.78. The Morgan fingerprint density at radius 2 is 2.08 bits per heavy atom. The SMILES string of the molecule is CN=C(NCc1ccc(OC(C)C)nc1)NCC(C)c1cccs1. The van der Waals surface area contributed by atoms with Crippen molar-refractivity contribution in [2.45, 2.75) is 39.3 Å². The largest absolute Gasteiger partial charge is 0.475 e. The van der Waals surface area contributed by atoms with Crippen molar-refractivity contribution in [3.8, 4) is 5.88 Å². The van der Waals surface area contributed by atoms with E-state index in [1.54, 1.807) is 18.4 Å². The zero-order valence-corrected chi connectivity index (χ0v) is 15.6. The minimum Gasteiger partial charge on any atom is -0.475 e. The molecule has 6 heteroatoms. The lowest BCUT2D eigenvalue weighted by Gasteiger charge is -2.15. The van der Waals surface area contributed by atoms with Gasteiger partial charge < -0.3 is 15.4 Å². The topological polar surface area (TPSA) is 58.5 Å². The molecule has 0 fully saturated rings. The first kappa shape index (κ1) is 18.3. The van der Waals surface area contributed by atoms with Gasteiger partial charge in [-0.05, 0) is 30.9 Å². The fourth-order valence-corrected chi connectivity index (χ4v) is 2.94. The Kier molecular flexibility index (Phi) is 7.06. The summed E-state index contributed by atoms with van der Waals surface area (Å²) in [5.74, 6) is 1.90. The fourth-order valence-electron chi connectivity index (χ4n) is 2.16. The van der Waals surface area contributed by atoms with E-state index in [1.807, 2.05) is 32.2 Å². The van der Waals surface area contributed by atoms with Gasteiger partial charge in [-0.1, -0.05) is 19.1 Å². The standard InChI is InChI=1S/C18H26N4OS/c1-13(2)23-17-8-7-15(11-20-17)12-22-18(19-4)21-10-14(3)16-6-5-9-24-16/h5-9,11,13-14H,10,12H2,1-4H3,(H2,19,21,22). The van der Waals surface area contributed by atoms with Crippen LogP contribution >= 0.6 is 11.3 Å². The van der Waals surface area contributed by atoms with Crippen molar-refractivity contribution >= 4 is 17.3 Å². The van der Waals surface area contributed by atoms with Crippen LogP contribution in [0.5, 0.6) is 5.88 Å². The first-order valence-corrected chi connectivity index (χ1v) is 9.06. The molecule has 24 heavy (non-hydrogen) atoms. The molecule has 2 rings (SSSR count). The van der Waals surface area contributed by atoms with Crippen LogP contribution in [0.4, 0.5) is 0 Å². The summed E-state index contributed by atoms with van der Waals surface area (Å²) in [4.78, 5) is 9.95. The average molecular weight is 347 g/mol. The minimum absolute atomic E-state index is 0.134. The van der Waals surface area contributed by atoms with Crippen LogP contribution in [-0.2, 0) is 6.54 Å². The van der Waals surface area contributed by atoms with E-state index in [0.29, 0.717) is 18.3 Å². The normalized spacial score (nSPS) is 13.0. The van der Waals surface area contributed by atoms with Gasteiger partial charge in [-0.15, -0.1) is 11.3 Å². The van der Waals surface area contributed by atoms with Crippen LogP contribution in [0.15, 0.2) is 40.8 Å². The number of hydrogen-bond acceptors (Lipinski definition) is 4. The number of thiophene rings is 1. The number of ether oxygens (including phenoxy) is 1. The Labute approximate surface area is 148 Å². The van der Waals surface area contributed by atoms with Crippen molar-refractivity contribution in [3.63, 3.8) is 0 Å². The van der Waals surface area contributed by atoms with Crippen LogP contribution in [0, 0.1) is 0 Å². The van der Waals surface area contributed by atoms with E-state index in [-0.39, 0.29) is 6.10 Å². The third-order valence-corrected chi connectivity index (χ3v) is 4.55. The number of nitrogens with zero attached hydrogens (tertiary/aromatic N) is 2. The Morgan fingerprint density at radius 3 is 2.67 bits per heavy atom. The molecule has 2 aromatic heterocycles. The number of hydrogen-bond donors (Lipinski definition) is 2. The molecule has 2 heterocycles. The molecule has 0 radical (unpaired) electrons. The Morgan fingerprint density at radius 1 is 1.25 bits per heavy atom. The molecule has 0 saturated heterocycles. The van der Waals surface area contributed by atoms with Crippen LogP contribution in [-0.4, -0.2) is 30.6 Å². The second-order valence-electron chi connectivity index (χ2n) is 5.89. The Bertz CT molecular complexity index is 623. The van der Waals surface area contributed by atoms with Gasteiger partial charge in [0, 0.05) is 43.2 Å². The molecule has 5 nitrogen and oxygen atoms in total. The molecule has 1 unspecified atom stereocenters. The second kappa shape index (κ2) is 9.27. The highest BCUT2D eigenvalue weighted by Crippen LogP contribution is 2.19. The summed E-state index contributed by atoms with van der Waals surface area (Å²) in [6.45, 7) is 7.71. The maximum atomic E-state index is 5.55. The van der Waals surface area contributed by atoms with E-state index in [2.05, 4.69) is 45.0 Å². The number of nitrogens with one attached hydrogen (secondary N) is 2. The molecule has 130 valence electrons. The average Bonchev–Trinajstić information content (AvgIpc) is 3.10. The van der Waals surface area contributed by atoms with Crippen molar-refractivity contribution < 1.29 is 4.74 Å². The Balaban J connectivity index is 1.79. The van der Waals surface area contributed by atoms with Gasteiger partial charge in [0.2, 0.25) is 5.88 Å². The third kappa shape index (κ3) is 5.85. The van der Waals surface area contributed by atoms with Gasteiger partial charge in [-0.3, -0.25) is 4.99 Å². The van der Waals surface area contributed by atoms with Gasteiger partial charge in [0.25, 0.3) is 0 Å². The molecule has 0 bridgehead atoms. The molecule has 0 amide bonds. The van der Waals surface area contributed by atoms with Crippen molar-refractivity contribution in [1.29, 1.82) is 0 Å². The molecule has 0 spiro atoms. The predicted octanol–water partition coefficient (Wildman–Crippen LogP) is 3.40. The zero-order valence-electron chi connectivity index (χ0n) is 14.7. The summed E-state index contributed by atoms with van der Waals surface area (Å²) in [6, 6.07) is 8.16. The van der Waals surface area contributed by atoms with Crippen molar-refractivity contribution in [1.82, 2.24) is 15.6 Å². The molecular weight excluding hydrogens is 320 g/mol. The summed E-state index contributed by atoms with van der Waals surface area (Å²) in [5, 5.41) is 8.78. The lowest BCUT2D eigenvalue weighted by atomic mass is 10.1. The third-order valence-electron chi connectivity index (χ3n) is 3.44. The maximum Gasteiger partial charge on any atom is 0.213 e. The molecule has 0 saturated carbocycles. The van der Waals surface area contributed by atoms with E-state index in [9.17, 15) is 0 Å². The fraction of sp³-hybridized carbons (Fsp3) is 0.444. The van der Waals surface area contributed by atoms with E-state index < -0.39 is 0 Å². The summed E-state index contributed by atoms with van der Waals surface area (Å²) < 4.78 is 5.55. The number of aromatic nitrogens is 1. The lowest BCUT2D eigenvalue weighted by molar-refractivity contribution is 0.232. The zero-order chi connectivity index (χ0) is 17.4. The van der Waals surface area contributed by atoms with E-state index >= 15 is 0 Å². The van der Waals surface area contributed by atoms with Gasteiger partial charge >= 0.3 is 0 Å². The highest BCUT2D eigenvalue weighted by atomic mass is 32.1. The number of rotatable bonds is 7. The van der Waals surface area contributed by atoms with Crippen molar-refractivity contribution in [2.75, 3.05) is 13.6 Å². The lowest BCUT2D eigenvalue weighted by Crippen LogP contribution is -2.38. The van der Waals surface area contributed by atoms with Crippen LogP contribution in [0.2, 0.25) is 0 Å². The molecule has 0 aromatic carbocycles. The molecule has 0 aliphatic carbocycles. The first-order valence-electron chi connectivity index (χ1n) is 8.18. The minimum atomic E-state index is 0.134. The highest BCUT2D eigenvalue weighted by molar-refractivity contribution is 7.10. The van der Waals surface area contributed by atoms with Crippen LogP contribution in [0.3, 0.4) is 0 Å². The van der Waals surface area contributed by atoms with Crippen molar-refractivity contribution in [3.05, 3.63) is 46.3 Å². The highest BCUT2D eigenvalue weighted by Gasteiger charge is 2.07. The predicted molar refractivity (Wildman–Crippen MR) is 101 cm³/mol. The first-order chi connectivity index (χ1) is 11.6. The van der Waals surface area contributed by atoms with E-state index in [4.69, 9.17) is 4.74 Å². The van der Waals surface area contributed by atoms with Gasteiger partial charge in [0.1, 0.15) is 0 Å². The molecular formula is C18H26N4OS. The molecule has 2 N–H and O–H groups in total. The smallest absolute Gasteiger partial charge is 0.213 e. The van der Waals surface area contributed by atoms with Gasteiger partial charge in [0.15, 0.2) is 5.96 Å². The quantitative estimate of drug-likeness (QED) is 0.596. The van der Waals surface area contributed by atoms with E-state index in [1.165, 1.54) is 4.88 Å². The number of guanidine groups is 1. The monoisotopic (exact) mass is 346 g/mol. The molecule has 2 aromatic rings. The number of pyridine rings is 1. The van der Waals surface area contributed by atoms with Crippen LogP contribution in [0.25, 0.3) is 0 Å². The summed E-state index contributed by atoms with van der Waals surface area (Å²) in [5.41, 5.74) is 1.08.